The van der Waals surface area contributed by atoms with E-state index in [2.05, 4.69) is 4.98 Å². The predicted octanol–water partition coefficient (Wildman–Crippen LogP) is 2.84. The van der Waals surface area contributed by atoms with Crippen molar-refractivity contribution in [1.82, 2.24) is 14.8 Å². The highest BCUT2D eigenvalue weighted by Gasteiger charge is 2.25. The molecule has 6 nitrogen and oxygen atoms in total. The summed E-state index contributed by atoms with van der Waals surface area (Å²) in [6.07, 6.45) is 1.74. The van der Waals surface area contributed by atoms with Crippen molar-refractivity contribution in [2.24, 2.45) is 0 Å². The lowest BCUT2D eigenvalue weighted by Gasteiger charge is -2.35. The molecule has 0 radical (unpaired) electrons. The number of methoxy groups -OCH3 is 1. The quantitative estimate of drug-likeness (QED) is 0.706. The van der Waals surface area contributed by atoms with Crippen molar-refractivity contribution in [2.75, 3.05) is 33.3 Å². The van der Waals surface area contributed by atoms with Gasteiger partial charge in [0, 0.05) is 48.9 Å². The Hall–Kier alpha value is -3.41. The minimum atomic E-state index is -0.0391. The zero-order valence-corrected chi connectivity index (χ0v) is 15.7. The molecule has 142 valence electrons. The number of amides is 2. The summed E-state index contributed by atoms with van der Waals surface area (Å²) in [7, 11) is 1.58. The summed E-state index contributed by atoms with van der Waals surface area (Å²) >= 11 is 0. The van der Waals surface area contributed by atoms with E-state index in [-0.39, 0.29) is 11.8 Å². The molecule has 0 spiro atoms. The highest BCUT2D eigenvalue weighted by molar-refractivity contribution is 5.98. The molecule has 0 atom stereocenters. The zero-order valence-electron chi connectivity index (χ0n) is 15.7. The van der Waals surface area contributed by atoms with E-state index in [1.807, 2.05) is 36.4 Å². The van der Waals surface area contributed by atoms with Gasteiger partial charge in [-0.1, -0.05) is 12.1 Å². The molecule has 1 aromatic heterocycles. The zero-order chi connectivity index (χ0) is 19.5. The topological polar surface area (TPSA) is 62.7 Å². The fourth-order valence-corrected chi connectivity index (χ4v) is 3.44. The standard InChI is InChI=1S/C22H21N3O3/c1-28-19-6-2-4-17(15-19)21(26)24-10-12-25(13-11-24)22(27)18-7-8-20-16(14-18)5-3-9-23-20/h2-9,14-15H,10-13H2,1H3. The number of piperazine rings is 1. The number of hydrogen-bond donors (Lipinski definition) is 0. The van der Waals surface area contributed by atoms with Gasteiger partial charge in [-0.2, -0.15) is 0 Å². The lowest BCUT2D eigenvalue weighted by atomic mass is 10.1. The van der Waals surface area contributed by atoms with Crippen molar-refractivity contribution < 1.29 is 14.3 Å². The maximum Gasteiger partial charge on any atom is 0.254 e. The Morgan fingerprint density at radius 3 is 2.21 bits per heavy atom. The molecule has 2 aromatic carbocycles. The molecule has 0 unspecified atom stereocenters. The second-order valence-corrected chi connectivity index (χ2v) is 6.73. The van der Waals surface area contributed by atoms with Gasteiger partial charge in [0.25, 0.3) is 11.8 Å². The molecule has 28 heavy (non-hydrogen) atoms. The van der Waals surface area contributed by atoms with Crippen LogP contribution in [-0.2, 0) is 0 Å². The van der Waals surface area contributed by atoms with Gasteiger partial charge in [-0.3, -0.25) is 14.6 Å². The van der Waals surface area contributed by atoms with Crippen molar-refractivity contribution in [3.63, 3.8) is 0 Å². The summed E-state index contributed by atoms with van der Waals surface area (Å²) in [5.74, 6) is 0.604. The van der Waals surface area contributed by atoms with Crippen LogP contribution in [0.15, 0.2) is 60.8 Å². The van der Waals surface area contributed by atoms with Crippen LogP contribution in [-0.4, -0.2) is 59.9 Å². The Morgan fingerprint density at radius 1 is 0.857 bits per heavy atom. The Kier molecular flexibility index (Phi) is 4.93. The fraction of sp³-hybridized carbons (Fsp3) is 0.227. The molecule has 2 heterocycles. The fourth-order valence-electron chi connectivity index (χ4n) is 3.44. The lowest BCUT2D eigenvalue weighted by molar-refractivity contribution is 0.0535. The number of pyridine rings is 1. The van der Waals surface area contributed by atoms with Crippen LogP contribution < -0.4 is 4.74 Å². The third-order valence-corrected chi connectivity index (χ3v) is 5.02. The molecule has 0 N–H and O–H groups in total. The van der Waals surface area contributed by atoms with Crippen molar-refractivity contribution >= 4 is 22.7 Å². The molecule has 1 aliphatic heterocycles. The number of rotatable bonds is 3. The van der Waals surface area contributed by atoms with Crippen LogP contribution in [0.2, 0.25) is 0 Å². The second-order valence-electron chi connectivity index (χ2n) is 6.73. The van der Waals surface area contributed by atoms with Gasteiger partial charge in [0.1, 0.15) is 5.75 Å². The van der Waals surface area contributed by atoms with Gasteiger partial charge < -0.3 is 14.5 Å². The summed E-state index contributed by atoms with van der Waals surface area (Å²) in [5.41, 5.74) is 2.11. The van der Waals surface area contributed by atoms with E-state index in [0.717, 1.165) is 10.9 Å². The van der Waals surface area contributed by atoms with Gasteiger partial charge in [-0.05, 0) is 42.5 Å². The van der Waals surface area contributed by atoms with E-state index in [9.17, 15) is 9.59 Å². The number of carbonyl (C=O) groups excluding carboxylic acids is 2. The molecular weight excluding hydrogens is 354 g/mol. The number of nitrogens with zero attached hydrogens (tertiary/aromatic N) is 3. The number of ether oxygens (including phenoxy) is 1. The smallest absolute Gasteiger partial charge is 0.254 e. The first-order chi connectivity index (χ1) is 13.7. The monoisotopic (exact) mass is 375 g/mol. The minimum Gasteiger partial charge on any atom is -0.497 e. The first-order valence-corrected chi connectivity index (χ1v) is 9.23. The third-order valence-electron chi connectivity index (χ3n) is 5.02. The van der Waals surface area contributed by atoms with Crippen LogP contribution in [0.25, 0.3) is 10.9 Å². The normalized spacial score (nSPS) is 14.2. The van der Waals surface area contributed by atoms with Gasteiger partial charge in [-0.25, -0.2) is 0 Å². The van der Waals surface area contributed by atoms with E-state index in [1.54, 1.807) is 41.3 Å². The van der Waals surface area contributed by atoms with E-state index in [1.165, 1.54) is 0 Å². The van der Waals surface area contributed by atoms with Gasteiger partial charge in [0.15, 0.2) is 0 Å². The van der Waals surface area contributed by atoms with E-state index < -0.39 is 0 Å². The van der Waals surface area contributed by atoms with Gasteiger partial charge >= 0.3 is 0 Å². The van der Waals surface area contributed by atoms with Crippen LogP contribution in [0.1, 0.15) is 20.7 Å². The maximum absolute atomic E-state index is 12.9. The molecular formula is C22H21N3O3. The molecule has 2 amide bonds. The maximum atomic E-state index is 12.9. The number of benzene rings is 2. The molecule has 1 aliphatic rings. The van der Waals surface area contributed by atoms with Crippen LogP contribution in [0, 0.1) is 0 Å². The van der Waals surface area contributed by atoms with Crippen molar-refractivity contribution in [3.05, 3.63) is 71.9 Å². The Bertz CT molecular complexity index is 1030. The van der Waals surface area contributed by atoms with Crippen LogP contribution in [0.5, 0.6) is 5.75 Å². The number of carbonyl (C=O) groups is 2. The van der Waals surface area contributed by atoms with Gasteiger partial charge in [0.05, 0.1) is 12.6 Å². The summed E-state index contributed by atoms with van der Waals surface area (Å²) in [5, 5.41) is 0.945. The number of aromatic nitrogens is 1. The molecule has 0 bridgehead atoms. The summed E-state index contributed by atoms with van der Waals surface area (Å²) in [4.78, 5) is 33.4. The summed E-state index contributed by atoms with van der Waals surface area (Å²) < 4.78 is 5.19. The molecule has 1 fully saturated rings. The van der Waals surface area contributed by atoms with Crippen molar-refractivity contribution in [3.8, 4) is 5.75 Å². The van der Waals surface area contributed by atoms with E-state index >= 15 is 0 Å². The van der Waals surface area contributed by atoms with Crippen LogP contribution in [0.4, 0.5) is 0 Å². The predicted molar refractivity (Wildman–Crippen MR) is 107 cm³/mol. The SMILES string of the molecule is COc1cccc(C(=O)N2CCN(C(=O)c3ccc4ncccc4c3)CC2)c1. The largest absolute Gasteiger partial charge is 0.497 e. The van der Waals surface area contributed by atoms with Crippen molar-refractivity contribution in [1.29, 1.82) is 0 Å². The molecule has 6 heteroatoms. The summed E-state index contributed by atoms with van der Waals surface area (Å²) in [6.45, 7) is 2.05. The Balaban J connectivity index is 1.42. The van der Waals surface area contributed by atoms with Crippen LogP contribution >= 0.6 is 0 Å². The third kappa shape index (κ3) is 3.53. The summed E-state index contributed by atoms with van der Waals surface area (Å²) in [6, 6.07) is 16.5. The Labute approximate surface area is 163 Å². The minimum absolute atomic E-state index is 0.0146. The first kappa shape index (κ1) is 18.0. The Morgan fingerprint density at radius 2 is 1.54 bits per heavy atom. The van der Waals surface area contributed by atoms with Crippen molar-refractivity contribution in [2.45, 2.75) is 0 Å². The van der Waals surface area contributed by atoms with E-state index in [0.29, 0.717) is 43.1 Å². The van der Waals surface area contributed by atoms with E-state index in [4.69, 9.17) is 4.74 Å². The molecule has 0 aliphatic carbocycles. The molecule has 1 saturated heterocycles. The molecule has 3 aromatic rings. The average Bonchev–Trinajstić information content (AvgIpc) is 2.78. The molecule has 0 saturated carbocycles. The lowest BCUT2D eigenvalue weighted by Crippen LogP contribution is -2.50. The molecule has 4 rings (SSSR count). The average molecular weight is 375 g/mol. The number of hydrogen-bond acceptors (Lipinski definition) is 4. The van der Waals surface area contributed by atoms with Gasteiger partial charge in [0.2, 0.25) is 0 Å². The number of fused-ring (bicyclic) bond motifs is 1. The first-order valence-electron chi connectivity index (χ1n) is 9.23. The second kappa shape index (κ2) is 7.68. The highest BCUT2D eigenvalue weighted by atomic mass is 16.5. The van der Waals surface area contributed by atoms with Gasteiger partial charge in [-0.15, -0.1) is 0 Å². The highest BCUT2D eigenvalue weighted by Crippen LogP contribution is 2.18. The van der Waals surface area contributed by atoms with Crippen LogP contribution in [0.3, 0.4) is 0 Å².